The molecule has 0 aliphatic carbocycles. The first kappa shape index (κ1) is 14.0. The summed E-state index contributed by atoms with van der Waals surface area (Å²) in [4.78, 5) is 0. The lowest BCUT2D eigenvalue weighted by Crippen LogP contribution is -2.19. The van der Waals surface area contributed by atoms with Gasteiger partial charge in [0.1, 0.15) is 11.5 Å². The van der Waals surface area contributed by atoms with Gasteiger partial charge in [0.2, 0.25) is 0 Å². The van der Waals surface area contributed by atoms with Crippen molar-refractivity contribution in [1.29, 1.82) is 0 Å². The van der Waals surface area contributed by atoms with E-state index >= 15 is 0 Å². The van der Waals surface area contributed by atoms with E-state index in [0.717, 1.165) is 30.9 Å². The number of methoxy groups -OCH3 is 1. The molecule has 2 aromatic carbocycles. The minimum absolute atomic E-state index is 0.217. The van der Waals surface area contributed by atoms with E-state index in [1.54, 1.807) is 7.11 Å². The van der Waals surface area contributed by atoms with Crippen molar-refractivity contribution in [3.63, 3.8) is 0 Å². The number of likely N-dealkylation sites (N-methyl/N-ethyl adjacent to an activating group) is 1. The molecule has 3 rings (SSSR count). The number of hydrogen-bond acceptors (Lipinski definition) is 3. The summed E-state index contributed by atoms with van der Waals surface area (Å²) in [6, 6.07) is 14.8. The van der Waals surface area contributed by atoms with Crippen LogP contribution in [0.5, 0.6) is 11.5 Å². The Balaban J connectivity index is 1.91. The van der Waals surface area contributed by atoms with Crippen LogP contribution in [0.3, 0.4) is 0 Å². The average Bonchev–Trinajstić information content (AvgIpc) is 3.01. The first-order valence-corrected chi connectivity index (χ1v) is 7.37. The Hall–Kier alpha value is -2.00. The highest BCUT2D eigenvalue weighted by Crippen LogP contribution is 2.35. The van der Waals surface area contributed by atoms with Crippen LogP contribution in [-0.2, 0) is 12.8 Å². The quantitative estimate of drug-likeness (QED) is 0.914. The van der Waals surface area contributed by atoms with E-state index in [9.17, 15) is 0 Å². The summed E-state index contributed by atoms with van der Waals surface area (Å²) in [5, 5.41) is 3.41. The van der Waals surface area contributed by atoms with E-state index in [0.29, 0.717) is 0 Å². The molecule has 1 heterocycles. The summed E-state index contributed by atoms with van der Waals surface area (Å²) in [6.45, 7) is 0.789. The molecule has 0 aromatic heterocycles. The zero-order valence-electron chi connectivity index (χ0n) is 12.6. The van der Waals surface area contributed by atoms with Crippen LogP contribution in [0, 0.1) is 0 Å². The van der Waals surface area contributed by atoms with Crippen molar-refractivity contribution in [3.05, 3.63) is 59.2 Å². The third-order valence-electron chi connectivity index (χ3n) is 4.09. The summed E-state index contributed by atoms with van der Waals surface area (Å²) in [5.41, 5.74) is 3.75. The fraction of sp³-hybridized carbons (Fsp3) is 0.333. The Morgan fingerprint density at radius 2 is 2.05 bits per heavy atom. The minimum atomic E-state index is 0.217. The van der Waals surface area contributed by atoms with E-state index in [1.165, 1.54) is 16.7 Å². The summed E-state index contributed by atoms with van der Waals surface area (Å²) in [6.07, 6.45) is 1.88. The molecule has 1 N–H and O–H groups in total. The molecule has 0 fully saturated rings. The molecule has 0 saturated heterocycles. The SMILES string of the molecule is CNC(Cc1ccccc1OC)c1cccc2c1OCC2. The molecule has 21 heavy (non-hydrogen) atoms. The van der Waals surface area contributed by atoms with Gasteiger partial charge >= 0.3 is 0 Å². The van der Waals surface area contributed by atoms with Crippen LogP contribution in [-0.4, -0.2) is 20.8 Å². The zero-order chi connectivity index (χ0) is 14.7. The molecule has 0 bridgehead atoms. The lowest BCUT2D eigenvalue weighted by Gasteiger charge is -2.20. The van der Waals surface area contributed by atoms with Crippen LogP contribution in [0.4, 0.5) is 0 Å². The van der Waals surface area contributed by atoms with Crippen molar-refractivity contribution >= 4 is 0 Å². The van der Waals surface area contributed by atoms with Gasteiger partial charge in [-0.2, -0.15) is 0 Å². The van der Waals surface area contributed by atoms with Crippen molar-refractivity contribution in [2.45, 2.75) is 18.9 Å². The number of hydrogen-bond donors (Lipinski definition) is 1. The molecule has 0 spiro atoms. The maximum atomic E-state index is 5.84. The first-order valence-electron chi connectivity index (χ1n) is 7.37. The van der Waals surface area contributed by atoms with Crippen LogP contribution >= 0.6 is 0 Å². The average molecular weight is 283 g/mol. The third-order valence-corrected chi connectivity index (χ3v) is 4.09. The van der Waals surface area contributed by atoms with Crippen molar-refractivity contribution < 1.29 is 9.47 Å². The Labute approximate surface area is 125 Å². The molecule has 1 aliphatic heterocycles. The minimum Gasteiger partial charge on any atom is -0.496 e. The maximum Gasteiger partial charge on any atom is 0.127 e. The first-order chi connectivity index (χ1) is 10.3. The summed E-state index contributed by atoms with van der Waals surface area (Å²) >= 11 is 0. The number of fused-ring (bicyclic) bond motifs is 1. The summed E-state index contributed by atoms with van der Waals surface area (Å²) < 4.78 is 11.3. The molecule has 0 radical (unpaired) electrons. The number of para-hydroxylation sites is 2. The van der Waals surface area contributed by atoms with Gasteiger partial charge in [-0.3, -0.25) is 0 Å². The Bertz CT molecular complexity index is 624. The van der Waals surface area contributed by atoms with Crippen molar-refractivity contribution in [3.8, 4) is 11.5 Å². The Kier molecular flexibility index (Phi) is 4.11. The van der Waals surface area contributed by atoms with Gasteiger partial charge in [-0.25, -0.2) is 0 Å². The smallest absolute Gasteiger partial charge is 0.127 e. The second kappa shape index (κ2) is 6.19. The van der Waals surface area contributed by atoms with E-state index in [1.807, 2.05) is 19.2 Å². The topological polar surface area (TPSA) is 30.5 Å². The largest absolute Gasteiger partial charge is 0.496 e. The van der Waals surface area contributed by atoms with E-state index < -0.39 is 0 Å². The second-order valence-corrected chi connectivity index (χ2v) is 5.29. The van der Waals surface area contributed by atoms with Crippen LogP contribution < -0.4 is 14.8 Å². The predicted molar refractivity (Wildman–Crippen MR) is 84.1 cm³/mol. The second-order valence-electron chi connectivity index (χ2n) is 5.29. The Morgan fingerprint density at radius 1 is 1.19 bits per heavy atom. The van der Waals surface area contributed by atoms with Crippen LogP contribution in [0.1, 0.15) is 22.7 Å². The van der Waals surface area contributed by atoms with Gasteiger partial charge in [0.25, 0.3) is 0 Å². The molecule has 110 valence electrons. The summed E-state index contributed by atoms with van der Waals surface area (Å²) in [7, 11) is 3.71. The molecule has 3 heteroatoms. The summed E-state index contributed by atoms with van der Waals surface area (Å²) in [5.74, 6) is 2.00. The highest BCUT2D eigenvalue weighted by atomic mass is 16.5. The molecule has 2 aromatic rings. The van der Waals surface area contributed by atoms with Crippen LogP contribution in [0.25, 0.3) is 0 Å². The highest BCUT2D eigenvalue weighted by molar-refractivity contribution is 5.46. The lowest BCUT2D eigenvalue weighted by atomic mass is 9.96. The standard InChI is InChI=1S/C18H21NO2/c1-19-16(12-14-6-3-4-9-17(14)20-2)15-8-5-7-13-10-11-21-18(13)15/h3-9,16,19H,10-12H2,1-2H3. The number of ether oxygens (including phenoxy) is 2. The molecule has 0 saturated carbocycles. The van der Waals surface area contributed by atoms with E-state index in [2.05, 4.69) is 35.6 Å². The van der Waals surface area contributed by atoms with E-state index in [4.69, 9.17) is 9.47 Å². The number of nitrogens with one attached hydrogen (secondary N) is 1. The molecule has 1 unspecified atom stereocenters. The van der Waals surface area contributed by atoms with Gasteiger partial charge in [-0.05, 0) is 30.7 Å². The normalized spacial score (nSPS) is 14.4. The fourth-order valence-corrected chi connectivity index (χ4v) is 2.97. The predicted octanol–water partition coefficient (Wildman–Crippen LogP) is 3.13. The van der Waals surface area contributed by atoms with Crippen molar-refractivity contribution in [2.24, 2.45) is 0 Å². The molecular formula is C18H21NO2. The van der Waals surface area contributed by atoms with Crippen LogP contribution in [0.2, 0.25) is 0 Å². The van der Waals surface area contributed by atoms with Gasteiger partial charge < -0.3 is 14.8 Å². The van der Waals surface area contributed by atoms with Gasteiger partial charge in [-0.1, -0.05) is 36.4 Å². The third kappa shape index (κ3) is 2.74. The maximum absolute atomic E-state index is 5.84. The lowest BCUT2D eigenvalue weighted by molar-refractivity contribution is 0.348. The van der Waals surface area contributed by atoms with Gasteiger partial charge in [-0.15, -0.1) is 0 Å². The Morgan fingerprint density at radius 3 is 2.86 bits per heavy atom. The van der Waals surface area contributed by atoms with Gasteiger partial charge in [0.05, 0.1) is 13.7 Å². The zero-order valence-corrected chi connectivity index (χ0v) is 12.6. The highest BCUT2D eigenvalue weighted by Gasteiger charge is 2.22. The molecule has 3 nitrogen and oxygen atoms in total. The van der Waals surface area contributed by atoms with Gasteiger partial charge in [0, 0.05) is 18.0 Å². The molecule has 1 atom stereocenters. The van der Waals surface area contributed by atoms with Crippen molar-refractivity contribution in [2.75, 3.05) is 20.8 Å². The molecule has 1 aliphatic rings. The van der Waals surface area contributed by atoms with E-state index in [-0.39, 0.29) is 6.04 Å². The number of rotatable bonds is 5. The van der Waals surface area contributed by atoms with Crippen molar-refractivity contribution in [1.82, 2.24) is 5.32 Å². The molecule has 0 amide bonds. The monoisotopic (exact) mass is 283 g/mol. The van der Waals surface area contributed by atoms with Crippen LogP contribution in [0.15, 0.2) is 42.5 Å². The fourth-order valence-electron chi connectivity index (χ4n) is 2.97. The van der Waals surface area contributed by atoms with Gasteiger partial charge in [0.15, 0.2) is 0 Å². The number of benzene rings is 2. The molecular weight excluding hydrogens is 262 g/mol.